The molecule has 2 amide bonds. The second-order valence-electron chi connectivity index (χ2n) is 6.15. The summed E-state index contributed by atoms with van der Waals surface area (Å²) in [4.78, 5) is 30.5. The van der Waals surface area contributed by atoms with E-state index in [4.69, 9.17) is 5.73 Å². The van der Waals surface area contributed by atoms with Crippen LogP contribution < -0.4 is 5.73 Å². The van der Waals surface area contributed by atoms with Crippen molar-refractivity contribution in [3.05, 3.63) is 40.2 Å². The Kier molecular flexibility index (Phi) is 4.94. The Morgan fingerprint density at radius 3 is 2.92 bits per heavy atom. The molecule has 0 spiro atoms. The lowest BCUT2D eigenvalue weighted by Crippen LogP contribution is -2.45. The van der Waals surface area contributed by atoms with Crippen molar-refractivity contribution in [1.82, 2.24) is 9.88 Å². The van der Waals surface area contributed by atoms with Crippen LogP contribution in [0.3, 0.4) is 0 Å². The predicted molar refractivity (Wildman–Crippen MR) is 94.8 cm³/mol. The number of benzene rings is 1. The number of nitrogens with zero attached hydrogens (tertiary/aromatic N) is 2. The van der Waals surface area contributed by atoms with Gasteiger partial charge in [-0.15, -0.1) is 11.3 Å². The van der Waals surface area contributed by atoms with Gasteiger partial charge in [0.2, 0.25) is 5.91 Å². The molecule has 0 radical (unpaired) electrons. The SMILES string of the molecule is Cc1nc(-c2cccc(C(=O)N3CCCCC3CC(N)=O)c2)cs1. The fourth-order valence-corrected chi connectivity index (χ4v) is 3.81. The average molecular weight is 343 g/mol. The topological polar surface area (TPSA) is 76.3 Å². The van der Waals surface area contributed by atoms with Crippen LogP contribution in [0.15, 0.2) is 29.6 Å². The van der Waals surface area contributed by atoms with Gasteiger partial charge in [-0.05, 0) is 38.3 Å². The van der Waals surface area contributed by atoms with Crippen molar-refractivity contribution in [2.24, 2.45) is 5.73 Å². The van der Waals surface area contributed by atoms with Crippen LogP contribution in [0.1, 0.15) is 41.0 Å². The standard InChI is InChI=1S/C18H21N3O2S/c1-12-20-16(11-24-12)13-5-4-6-14(9-13)18(23)21-8-3-2-7-15(21)10-17(19)22/h4-6,9,11,15H,2-3,7-8,10H2,1H3,(H2,19,22). The van der Waals surface area contributed by atoms with E-state index in [1.54, 1.807) is 16.2 Å². The van der Waals surface area contributed by atoms with Gasteiger partial charge in [0.15, 0.2) is 0 Å². The number of amides is 2. The molecule has 1 aliphatic heterocycles. The Labute approximate surface area is 145 Å². The van der Waals surface area contributed by atoms with Crippen molar-refractivity contribution in [2.75, 3.05) is 6.54 Å². The highest BCUT2D eigenvalue weighted by Gasteiger charge is 2.28. The molecule has 3 rings (SSSR count). The Morgan fingerprint density at radius 1 is 1.38 bits per heavy atom. The summed E-state index contributed by atoms with van der Waals surface area (Å²) < 4.78 is 0. The number of primary amides is 1. The average Bonchev–Trinajstić information content (AvgIpc) is 3.01. The molecular weight excluding hydrogens is 322 g/mol. The molecular formula is C18H21N3O2S. The number of likely N-dealkylation sites (tertiary alicyclic amines) is 1. The number of rotatable bonds is 4. The van der Waals surface area contributed by atoms with Gasteiger partial charge < -0.3 is 10.6 Å². The van der Waals surface area contributed by atoms with Gasteiger partial charge in [-0.25, -0.2) is 4.98 Å². The summed E-state index contributed by atoms with van der Waals surface area (Å²) in [5.74, 6) is -0.388. The Hall–Kier alpha value is -2.21. The zero-order valence-corrected chi connectivity index (χ0v) is 14.5. The summed E-state index contributed by atoms with van der Waals surface area (Å²) in [6.45, 7) is 2.64. The third-order valence-electron chi connectivity index (χ3n) is 4.35. The number of aryl methyl sites for hydroxylation is 1. The van der Waals surface area contributed by atoms with Crippen molar-refractivity contribution >= 4 is 23.2 Å². The quantitative estimate of drug-likeness (QED) is 0.927. The van der Waals surface area contributed by atoms with Crippen LogP contribution in [0.4, 0.5) is 0 Å². The monoisotopic (exact) mass is 343 g/mol. The van der Waals surface area contributed by atoms with E-state index in [1.807, 2.05) is 36.6 Å². The normalized spacial score (nSPS) is 17.7. The van der Waals surface area contributed by atoms with Gasteiger partial charge in [0.1, 0.15) is 0 Å². The molecule has 2 aromatic rings. The zero-order chi connectivity index (χ0) is 17.1. The van der Waals surface area contributed by atoms with E-state index in [0.29, 0.717) is 12.1 Å². The van der Waals surface area contributed by atoms with E-state index in [9.17, 15) is 9.59 Å². The maximum Gasteiger partial charge on any atom is 0.254 e. The molecule has 1 aliphatic rings. The summed E-state index contributed by atoms with van der Waals surface area (Å²) >= 11 is 1.59. The number of nitrogens with two attached hydrogens (primary N) is 1. The van der Waals surface area contributed by atoms with Gasteiger partial charge in [0.25, 0.3) is 5.91 Å². The molecule has 24 heavy (non-hydrogen) atoms. The van der Waals surface area contributed by atoms with E-state index in [1.165, 1.54) is 0 Å². The summed E-state index contributed by atoms with van der Waals surface area (Å²) in [6.07, 6.45) is 3.06. The van der Waals surface area contributed by atoms with Gasteiger partial charge in [-0.1, -0.05) is 12.1 Å². The molecule has 2 N–H and O–H groups in total. The lowest BCUT2D eigenvalue weighted by molar-refractivity contribution is -0.119. The summed E-state index contributed by atoms with van der Waals surface area (Å²) in [7, 11) is 0. The van der Waals surface area contributed by atoms with Crippen molar-refractivity contribution in [3.8, 4) is 11.3 Å². The smallest absolute Gasteiger partial charge is 0.254 e. The minimum absolute atomic E-state index is 0.0326. The molecule has 0 bridgehead atoms. The molecule has 1 saturated heterocycles. The van der Waals surface area contributed by atoms with Gasteiger partial charge >= 0.3 is 0 Å². The molecule has 0 saturated carbocycles. The van der Waals surface area contributed by atoms with Crippen molar-refractivity contribution in [1.29, 1.82) is 0 Å². The first-order chi connectivity index (χ1) is 11.5. The molecule has 6 heteroatoms. The van der Waals surface area contributed by atoms with Gasteiger partial charge in [-0.3, -0.25) is 9.59 Å². The third kappa shape index (κ3) is 3.64. The van der Waals surface area contributed by atoms with Gasteiger partial charge in [0, 0.05) is 35.5 Å². The number of thiazole rings is 1. The number of hydrogen-bond acceptors (Lipinski definition) is 4. The molecule has 1 aromatic carbocycles. The van der Waals surface area contributed by atoms with E-state index in [-0.39, 0.29) is 24.3 Å². The second kappa shape index (κ2) is 7.13. The van der Waals surface area contributed by atoms with Crippen molar-refractivity contribution in [3.63, 3.8) is 0 Å². The maximum absolute atomic E-state index is 12.9. The molecule has 5 nitrogen and oxygen atoms in total. The number of piperidine rings is 1. The lowest BCUT2D eigenvalue weighted by Gasteiger charge is -2.35. The fourth-order valence-electron chi connectivity index (χ4n) is 3.19. The van der Waals surface area contributed by atoms with Crippen LogP contribution in [0.25, 0.3) is 11.3 Å². The molecule has 1 atom stereocenters. The van der Waals surface area contributed by atoms with Crippen LogP contribution in [-0.2, 0) is 4.79 Å². The number of aromatic nitrogens is 1. The predicted octanol–water partition coefficient (Wildman–Crippen LogP) is 2.99. The molecule has 126 valence electrons. The summed E-state index contributed by atoms with van der Waals surface area (Å²) in [5.41, 5.74) is 7.80. The maximum atomic E-state index is 12.9. The van der Waals surface area contributed by atoms with Crippen LogP contribution in [0.2, 0.25) is 0 Å². The fraction of sp³-hybridized carbons (Fsp3) is 0.389. The highest BCUT2D eigenvalue weighted by molar-refractivity contribution is 7.09. The summed E-state index contributed by atoms with van der Waals surface area (Å²) in [6, 6.07) is 7.45. The van der Waals surface area contributed by atoms with E-state index >= 15 is 0 Å². The lowest BCUT2D eigenvalue weighted by atomic mass is 9.97. The van der Waals surface area contributed by atoms with E-state index < -0.39 is 0 Å². The Morgan fingerprint density at radius 2 is 2.21 bits per heavy atom. The molecule has 0 aliphatic carbocycles. The number of carbonyl (C=O) groups excluding carboxylic acids is 2. The Bertz CT molecular complexity index is 756. The molecule has 2 heterocycles. The molecule has 1 fully saturated rings. The van der Waals surface area contributed by atoms with Crippen molar-refractivity contribution in [2.45, 2.75) is 38.6 Å². The minimum Gasteiger partial charge on any atom is -0.370 e. The van der Waals surface area contributed by atoms with Gasteiger partial charge in [0.05, 0.1) is 10.7 Å². The van der Waals surface area contributed by atoms with E-state index in [2.05, 4.69) is 4.98 Å². The van der Waals surface area contributed by atoms with Crippen LogP contribution >= 0.6 is 11.3 Å². The highest BCUT2D eigenvalue weighted by atomic mass is 32.1. The summed E-state index contributed by atoms with van der Waals surface area (Å²) in [5, 5.41) is 3.00. The van der Waals surface area contributed by atoms with Crippen molar-refractivity contribution < 1.29 is 9.59 Å². The third-order valence-corrected chi connectivity index (χ3v) is 5.12. The first kappa shape index (κ1) is 16.6. The minimum atomic E-state index is -0.355. The molecule has 1 unspecified atom stereocenters. The zero-order valence-electron chi connectivity index (χ0n) is 13.7. The largest absolute Gasteiger partial charge is 0.370 e. The van der Waals surface area contributed by atoms with E-state index in [0.717, 1.165) is 35.5 Å². The molecule has 1 aromatic heterocycles. The first-order valence-corrected chi connectivity index (χ1v) is 9.04. The van der Waals surface area contributed by atoms with Crippen LogP contribution in [0.5, 0.6) is 0 Å². The second-order valence-corrected chi connectivity index (χ2v) is 7.21. The first-order valence-electron chi connectivity index (χ1n) is 8.16. The number of carbonyl (C=O) groups is 2. The highest BCUT2D eigenvalue weighted by Crippen LogP contribution is 2.25. The van der Waals surface area contributed by atoms with Crippen LogP contribution in [0, 0.1) is 6.92 Å². The van der Waals surface area contributed by atoms with Crippen LogP contribution in [-0.4, -0.2) is 34.3 Å². The number of hydrogen-bond donors (Lipinski definition) is 1. The Balaban J connectivity index is 1.84. The van der Waals surface area contributed by atoms with Gasteiger partial charge in [-0.2, -0.15) is 0 Å².